The Kier molecular flexibility index (Phi) is 50.1. The molecule has 0 radical (unpaired) electrons. The van der Waals surface area contributed by atoms with E-state index >= 15 is 0 Å². The molecule has 18 nitrogen and oxygen atoms in total. The van der Waals surface area contributed by atoms with E-state index in [-0.39, 0.29) is 72.0 Å². The molecule has 0 rings (SSSR count). The molecule has 2 amide bonds. The summed E-state index contributed by atoms with van der Waals surface area (Å²) < 4.78 is 61.9. The summed E-state index contributed by atoms with van der Waals surface area (Å²) >= 11 is 0. The number of amides is 2. The van der Waals surface area contributed by atoms with Crippen LogP contribution in [0.3, 0.4) is 0 Å². The summed E-state index contributed by atoms with van der Waals surface area (Å²) in [4.78, 5) is 76.0. The maximum Gasteiger partial charge on any atom is 1.00 e. The summed E-state index contributed by atoms with van der Waals surface area (Å²) in [6.07, 6.45) is 35.6. The van der Waals surface area contributed by atoms with Crippen LogP contribution >= 0.6 is 0 Å². The van der Waals surface area contributed by atoms with Crippen molar-refractivity contribution in [3.63, 3.8) is 0 Å². The minimum absolute atomic E-state index is 0. The van der Waals surface area contributed by atoms with E-state index < -0.39 is 79.3 Å². The molecule has 0 bridgehead atoms. The Hall–Kier alpha value is -1.88. The zero-order chi connectivity index (χ0) is 48.5. The van der Waals surface area contributed by atoms with E-state index in [9.17, 15) is 55.8 Å². The minimum atomic E-state index is -5.00. The van der Waals surface area contributed by atoms with Crippen molar-refractivity contribution in [1.29, 1.82) is 0 Å². The first-order chi connectivity index (χ1) is 30.4. The molecule has 0 saturated heterocycles. The van der Waals surface area contributed by atoms with Crippen LogP contribution in [0, 0.1) is 0 Å². The van der Waals surface area contributed by atoms with Gasteiger partial charge in [-0.3, -0.25) is 18.7 Å². The van der Waals surface area contributed by atoms with Gasteiger partial charge in [-0.1, -0.05) is 141 Å². The third-order valence-corrected chi connectivity index (χ3v) is 12.0. The normalized spacial score (nSPS) is 12.2. The van der Waals surface area contributed by atoms with Crippen molar-refractivity contribution in [2.24, 2.45) is 0 Å². The summed E-state index contributed by atoms with van der Waals surface area (Å²) in [5.74, 6) is -8.17. The third-order valence-electron chi connectivity index (χ3n) is 9.81. The molecule has 372 valence electrons. The average molecular weight is 999 g/mol. The third kappa shape index (κ3) is 47.2. The molecule has 22 heteroatoms. The number of nitrogens with one attached hydrogen (secondary N) is 2. The molecule has 0 aliphatic rings. The van der Waals surface area contributed by atoms with E-state index in [0.717, 1.165) is 77.0 Å². The number of carboxylic acids is 2. The van der Waals surface area contributed by atoms with Crippen molar-refractivity contribution >= 4 is 55.9 Å². The molecule has 0 aromatic carbocycles. The molecule has 4 N–H and O–H groups in total. The zero-order valence-corrected chi connectivity index (χ0v) is 45.7. The fraction of sp³-hybridized carbons (Fsp3) is 0.773. The van der Waals surface area contributed by atoms with E-state index in [0.29, 0.717) is 12.8 Å². The number of hydrogen-bond donors (Lipinski definition) is 4. The summed E-state index contributed by atoms with van der Waals surface area (Å²) in [7, 11) is -10.0. The molecule has 0 saturated carbocycles. The predicted molar refractivity (Wildman–Crippen MR) is 237 cm³/mol. The van der Waals surface area contributed by atoms with E-state index in [2.05, 4.69) is 47.8 Å². The molecule has 0 fully saturated rings. The molecule has 66 heavy (non-hydrogen) atoms. The van der Waals surface area contributed by atoms with E-state index in [1.54, 1.807) is 11.0 Å². The second-order valence-corrected chi connectivity index (χ2v) is 18.9. The van der Waals surface area contributed by atoms with Gasteiger partial charge in [0.15, 0.2) is 10.5 Å². The first kappa shape index (κ1) is 70.7. The van der Waals surface area contributed by atoms with Gasteiger partial charge >= 0.3 is 71.1 Å². The predicted octanol–water partition coefficient (Wildman–Crippen LogP) is -0.00260. The quantitative estimate of drug-likeness (QED) is 0.0208. The van der Waals surface area contributed by atoms with Gasteiger partial charge in [0.25, 0.3) is 32.1 Å². The van der Waals surface area contributed by atoms with Gasteiger partial charge in [0.05, 0.1) is 0 Å². The van der Waals surface area contributed by atoms with Gasteiger partial charge in [-0.15, -0.1) is 0 Å². The molecule has 0 aliphatic carbocycles. The first-order valence-electron chi connectivity index (χ1n) is 23.0. The maximum atomic E-state index is 11.6. The van der Waals surface area contributed by atoms with Crippen molar-refractivity contribution in [2.45, 2.75) is 217 Å². The number of rotatable bonds is 38. The van der Waals surface area contributed by atoms with Crippen LogP contribution in [0.15, 0.2) is 24.3 Å². The number of carbonyl (C=O) groups excluding carboxylic acids is 6. The van der Waals surface area contributed by atoms with Gasteiger partial charge in [0.2, 0.25) is 0 Å². The Balaban J connectivity index is -0.000000565. The van der Waals surface area contributed by atoms with Crippen LogP contribution in [-0.2, 0) is 58.7 Å². The Morgan fingerprint density at radius 2 is 0.697 bits per heavy atom. The van der Waals surface area contributed by atoms with Crippen LogP contribution in [0.4, 0.5) is 0 Å². The van der Waals surface area contributed by atoms with Gasteiger partial charge in [-0.05, 0) is 64.2 Å². The van der Waals surface area contributed by atoms with Crippen LogP contribution in [-0.4, -0.2) is 72.1 Å². The van der Waals surface area contributed by atoms with Gasteiger partial charge in [0, 0.05) is 37.6 Å². The molecule has 2 atom stereocenters. The first-order valence-corrected chi connectivity index (χ1v) is 26.0. The van der Waals surface area contributed by atoms with Crippen molar-refractivity contribution in [1.82, 2.24) is 11.0 Å². The average Bonchev–Trinajstić information content (AvgIpc) is 3.22. The number of carboxylic acid groups (broad SMARTS) is 2. The summed E-state index contributed by atoms with van der Waals surface area (Å²) in [5, 5.41) is 16.3. The molecular formula is C44H76N2Na2O16S2. The number of unbranched alkanes of at least 4 members (excludes halogenated alkanes) is 22. The van der Waals surface area contributed by atoms with Gasteiger partial charge in [-0.25, -0.2) is 9.59 Å². The minimum Gasteiger partial charge on any atom is -0.550 e. The Morgan fingerprint density at radius 1 is 0.455 bits per heavy atom. The molecule has 0 heterocycles. The number of carbonyl (C=O) groups is 6. The molecular weight excluding hydrogens is 923 g/mol. The zero-order valence-electron chi connectivity index (χ0n) is 40.1. The molecule has 0 aromatic heterocycles. The van der Waals surface area contributed by atoms with Crippen molar-refractivity contribution in [2.75, 3.05) is 0 Å². The fourth-order valence-electron chi connectivity index (χ4n) is 6.08. The summed E-state index contributed by atoms with van der Waals surface area (Å²) in [6, 6.07) is 0. The molecule has 2 unspecified atom stereocenters. The van der Waals surface area contributed by atoms with Crippen molar-refractivity contribution < 1.29 is 134 Å². The number of allylic oxidation sites excluding steroid dienone is 4. The Morgan fingerprint density at radius 3 is 0.939 bits per heavy atom. The topological polar surface area (TPSA) is 300 Å². The van der Waals surface area contributed by atoms with Gasteiger partial charge in [0.1, 0.15) is 0 Å². The number of hydroxylamine groups is 2. The summed E-state index contributed by atoms with van der Waals surface area (Å²) in [5.41, 5.74) is 3.54. The Labute approximate surface area is 438 Å². The fourth-order valence-corrected chi connectivity index (χ4v) is 7.36. The van der Waals surface area contributed by atoms with Crippen LogP contribution in [0.25, 0.3) is 0 Å². The molecule has 0 aromatic rings. The van der Waals surface area contributed by atoms with Crippen molar-refractivity contribution in [3.05, 3.63) is 24.3 Å². The maximum absolute atomic E-state index is 11.6. The van der Waals surface area contributed by atoms with Crippen molar-refractivity contribution in [3.8, 4) is 0 Å². The largest absolute Gasteiger partial charge is 1.00 e. The number of aliphatic carboxylic acids is 2. The standard InChI is InChI=1S/2C22H39NO8S.2Na/c2*1-2-3-4-5-6-7-8-9-10-11-12-13-14-15-16-17-20(24)23-31-22(27)19(18-21(25)26)32(28,29)30;;/h2*9-10,19H,2-8,11-18H2,1H3,(H,23,24)(H,25,26)(H,28,29,30);;/q;;2*+1/p-2/b2*10-9-;;. The SMILES string of the molecule is CCCCCCCC/C=C\CCCCCCCC(=O)NOC(=O)C(CC(=O)[O-])S(=O)(=O)O.CCCCCCCC/C=C\CCCCCCCC(=O)NOC(=O)C(CC(=O)[O-])S(=O)(=O)O.[Na+].[Na+]. The van der Waals surface area contributed by atoms with Gasteiger partial charge < -0.3 is 29.5 Å². The monoisotopic (exact) mass is 998 g/mol. The van der Waals surface area contributed by atoms with Crippen LogP contribution in [0.1, 0.15) is 206 Å². The van der Waals surface area contributed by atoms with E-state index in [1.165, 1.54) is 77.0 Å². The summed E-state index contributed by atoms with van der Waals surface area (Å²) in [6.45, 7) is 4.44. The van der Waals surface area contributed by atoms with E-state index in [1.807, 2.05) is 0 Å². The number of hydrogen-bond acceptors (Lipinski definition) is 14. The second kappa shape index (κ2) is 46.8. The Bertz CT molecular complexity index is 1480. The molecule has 0 aliphatic heterocycles. The van der Waals surface area contributed by atoms with Crippen LogP contribution < -0.4 is 80.3 Å². The van der Waals surface area contributed by atoms with Crippen LogP contribution in [0.2, 0.25) is 0 Å². The second-order valence-electron chi connectivity index (χ2n) is 15.7. The van der Waals surface area contributed by atoms with Gasteiger partial charge in [-0.2, -0.15) is 27.8 Å². The van der Waals surface area contributed by atoms with E-state index in [4.69, 9.17) is 9.11 Å². The molecule has 0 spiro atoms. The van der Waals surface area contributed by atoms with Crippen LogP contribution in [0.5, 0.6) is 0 Å². The smallest absolute Gasteiger partial charge is 0.550 e.